The second-order valence-electron chi connectivity index (χ2n) is 3.95. The molecule has 0 aromatic heterocycles. The maximum Gasteiger partial charge on any atom is 0.227 e. The van der Waals surface area contributed by atoms with E-state index in [9.17, 15) is 13.6 Å². The summed E-state index contributed by atoms with van der Waals surface area (Å²) >= 11 is 7.02. The molecule has 1 aliphatic rings. The molecular formula is C11H10BrF2NOS. The van der Waals surface area contributed by atoms with E-state index in [1.165, 1.54) is 17.0 Å². The summed E-state index contributed by atoms with van der Waals surface area (Å²) in [5.41, 5.74) is -0.0000154. The number of carbonyl (C=O) groups is 1. The molecular weight excluding hydrogens is 312 g/mol. The molecule has 1 amide bonds. The van der Waals surface area contributed by atoms with E-state index < -0.39 is 11.6 Å². The predicted molar refractivity (Wildman–Crippen MR) is 68.4 cm³/mol. The van der Waals surface area contributed by atoms with Crippen molar-refractivity contribution in [2.45, 2.75) is 6.42 Å². The van der Waals surface area contributed by atoms with Crippen molar-refractivity contribution in [3.05, 3.63) is 28.2 Å². The molecule has 0 saturated carbocycles. The van der Waals surface area contributed by atoms with Crippen molar-refractivity contribution in [2.75, 3.05) is 17.2 Å². The first-order valence-corrected chi connectivity index (χ1v) is 6.52. The van der Waals surface area contributed by atoms with Gasteiger partial charge in [-0.25, -0.2) is 8.78 Å². The first-order chi connectivity index (χ1) is 8.04. The van der Waals surface area contributed by atoms with Crippen molar-refractivity contribution in [2.24, 2.45) is 5.92 Å². The van der Waals surface area contributed by atoms with Gasteiger partial charge in [0.05, 0.1) is 10.2 Å². The van der Waals surface area contributed by atoms with Crippen LogP contribution in [-0.2, 0) is 4.79 Å². The van der Waals surface area contributed by atoms with Crippen LogP contribution in [0.2, 0.25) is 0 Å². The van der Waals surface area contributed by atoms with Gasteiger partial charge >= 0.3 is 0 Å². The highest BCUT2D eigenvalue weighted by atomic mass is 79.9. The molecule has 1 aliphatic heterocycles. The lowest BCUT2D eigenvalue weighted by Crippen LogP contribution is -2.26. The highest BCUT2D eigenvalue weighted by Gasteiger charge is 2.32. The van der Waals surface area contributed by atoms with Crippen molar-refractivity contribution in [3.8, 4) is 0 Å². The van der Waals surface area contributed by atoms with Gasteiger partial charge in [-0.05, 0) is 39.7 Å². The summed E-state index contributed by atoms with van der Waals surface area (Å²) in [5.74, 6) is -1.50. The number of hydrogen-bond acceptors (Lipinski definition) is 2. The molecule has 0 radical (unpaired) electrons. The Morgan fingerprint density at radius 2 is 2.12 bits per heavy atom. The molecule has 0 spiro atoms. The van der Waals surface area contributed by atoms with Crippen molar-refractivity contribution in [1.29, 1.82) is 0 Å². The summed E-state index contributed by atoms with van der Waals surface area (Å²) in [7, 11) is 0. The molecule has 92 valence electrons. The van der Waals surface area contributed by atoms with Gasteiger partial charge < -0.3 is 4.90 Å². The molecule has 6 heteroatoms. The van der Waals surface area contributed by atoms with E-state index in [1.54, 1.807) is 0 Å². The normalized spacial score (nSPS) is 20.1. The monoisotopic (exact) mass is 321 g/mol. The topological polar surface area (TPSA) is 20.3 Å². The molecule has 1 unspecified atom stereocenters. The van der Waals surface area contributed by atoms with Crippen LogP contribution in [-0.4, -0.2) is 18.2 Å². The highest BCUT2D eigenvalue weighted by Crippen LogP contribution is 2.31. The number of thiol groups is 1. The van der Waals surface area contributed by atoms with Gasteiger partial charge in [-0.3, -0.25) is 4.79 Å². The quantitative estimate of drug-likeness (QED) is 0.656. The van der Waals surface area contributed by atoms with E-state index in [0.29, 0.717) is 18.7 Å². The minimum atomic E-state index is -0.993. The summed E-state index contributed by atoms with van der Waals surface area (Å²) in [6.45, 7) is 0.389. The van der Waals surface area contributed by atoms with E-state index >= 15 is 0 Å². The van der Waals surface area contributed by atoms with Crippen molar-refractivity contribution in [1.82, 2.24) is 0 Å². The van der Waals surface area contributed by atoms with Crippen LogP contribution in [0.4, 0.5) is 14.5 Å². The van der Waals surface area contributed by atoms with E-state index in [0.717, 1.165) is 0 Å². The van der Waals surface area contributed by atoms with Gasteiger partial charge in [0.1, 0.15) is 0 Å². The fraction of sp³-hybridized carbons (Fsp3) is 0.364. The van der Waals surface area contributed by atoms with Gasteiger partial charge in [-0.15, -0.1) is 0 Å². The van der Waals surface area contributed by atoms with Crippen LogP contribution in [0.25, 0.3) is 0 Å². The maximum absolute atomic E-state index is 13.7. The Morgan fingerprint density at radius 1 is 1.41 bits per heavy atom. The Labute approximate surface area is 112 Å². The lowest BCUT2D eigenvalue weighted by Gasteiger charge is -2.17. The summed E-state index contributed by atoms with van der Waals surface area (Å²) in [4.78, 5) is 13.0. The molecule has 1 atom stereocenters. The largest absolute Gasteiger partial charge is 0.309 e. The average Bonchev–Trinajstić information content (AvgIpc) is 2.68. The summed E-state index contributed by atoms with van der Waals surface area (Å²) < 4.78 is 27.1. The highest BCUT2D eigenvalue weighted by molar-refractivity contribution is 9.10. The summed E-state index contributed by atoms with van der Waals surface area (Å²) in [6, 6.07) is 2.80. The van der Waals surface area contributed by atoms with Crippen LogP contribution in [0.5, 0.6) is 0 Å². The van der Waals surface area contributed by atoms with Crippen LogP contribution in [0.15, 0.2) is 16.6 Å². The zero-order valence-electron chi connectivity index (χ0n) is 8.79. The standard InChI is InChI=1S/C11H10BrF2NOS/c12-7-1-2-8(11(14)10(7)13)15-4-6(5-17)3-9(15)16/h1-2,6,17H,3-5H2. The SMILES string of the molecule is O=C1CC(CS)CN1c1ccc(Br)c(F)c1F. The minimum absolute atomic E-state index is 0.0000154. The van der Waals surface area contributed by atoms with Crippen LogP contribution >= 0.6 is 28.6 Å². The molecule has 0 aliphatic carbocycles. The number of benzene rings is 1. The van der Waals surface area contributed by atoms with E-state index in [-0.39, 0.29) is 22.0 Å². The van der Waals surface area contributed by atoms with E-state index in [1.807, 2.05) is 0 Å². The van der Waals surface area contributed by atoms with Gasteiger partial charge in [0.15, 0.2) is 11.6 Å². The first-order valence-electron chi connectivity index (χ1n) is 5.09. The summed E-state index contributed by atoms with van der Waals surface area (Å²) in [5, 5.41) is 0. The molecule has 17 heavy (non-hydrogen) atoms. The average molecular weight is 322 g/mol. The van der Waals surface area contributed by atoms with Gasteiger partial charge in [-0.2, -0.15) is 12.6 Å². The number of anilines is 1. The fourth-order valence-corrected chi connectivity index (χ4v) is 2.41. The third-order valence-electron chi connectivity index (χ3n) is 2.77. The number of hydrogen-bond donors (Lipinski definition) is 1. The van der Waals surface area contributed by atoms with Crippen LogP contribution < -0.4 is 4.90 Å². The fourth-order valence-electron chi connectivity index (χ4n) is 1.86. The Kier molecular flexibility index (Phi) is 3.73. The third kappa shape index (κ3) is 2.33. The molecule has 0 N–H and O–H groups in total. The molecule has 0 bridgehead atoms. The van der Waals surface area contributed by atoms with Gasteiger partial charge in [0.25, 0.3) is 0 Å². The number of rotatable bonds is 2. The Hall–Kier alpha value is -0.620. The van der Waals surface area contributed by atoms with Gasteiger partial charge in [0.2, 0.25) is 5.91 Å². The number of halogens is 3. The molecule has 2 rings (SSSR count). The lowest BCUT2D eigenvalue weighted by molar-refractivity contribution is -0.117. The number of amides is 1. The van der Waals surface area contributed by atoms with E-state index in [4.69, 9.17) is 0 Å². The zero-order chi connectivity index (χ0) is 12.6. The number of nitrogens with zero attached hydrogens (tertiary/aromatic N) is 1. The van der Waals surface area contributed by atoms with Crippen LogP contribution in [0, 0.1) is 17.6 Å². The Morgan fingerprint density at radius 3 is 2.71 bits per heavy atom. The van der Waals surface area contributed by atoms with Crippen LogP contribution in [0.3, 0.4) is 0 Å². The number of carbonyl (C=O) groups excluding carboxylic acids is 1. The molecule has 1 aromatic rings. The van der Waals surface area contributed by atoms with Crippen molar-refractivity contribution < 1.29 is 13.6 Å². The Balaban J connectivity index is 2.35. The third-order valence-corrected chi connectivity index (χ3v) is 3.90. The second-order valence-corrected chi connectivity index (χ2v) is 5.17. The first kappa shape index (κ1) is 12.8. The van der Waals surface area contributed by atoms with Gasteiger partial charge in [0, 0.05) is 13.0 Å². The summed E-state index contributed by atoms with van der Waals surface area (Å²) in [6.07, 6.45) is 0.334. The van der Waals surface area contributed by atoms with E-state index in [2.05, 4.69) is 28.6 Å². The Bertz CT molecular complexity index is 469. The van der Waals surface area contributed by atoms with Gasteiger partial charge in [-0.1, -0.05) is 0 Å². The lowest BCUT2D eigenvalue weighted by atomic mass is 10.1. The van der Waals surface area contributed by atoms with Crippen molar-refractivity contribution >= 4 is 40.2 Å². The molecule has 2 nitrogen and oxygen atoms in total. The molecule has 1 fully saturated rings. The zero-order valence-corrected chi connectivity index (χ0v) is 11.3. The van der Waals surface area contributed by atoms with Crippen LogP contribution in [0.1, 0.15) is 6.42 Å². The maximum atomic E-state index is 13.7. The molecule has 1 saturated heterocycles. The molecule has 1 heterocycles. The minimum Gasteiger partial charge on any atom is -0.309 e. The van der Waals surface area contributed by atoms with Crippen molar-refractivity contribution in [3.63, 3.8) is 0 Å². The molecule has 1 aromatic carbocycles. The predicted octanol–water partition coefficient (Wildman–Crippen LogP) is 3.01. The smallest absolute Gasteiger partial charge is 0.227 e. The second kappa shape index (κ2) is 4.94.